The van der Waals surface area contributed by atoms with E-state index in [1.165, 1.54) is 0 Å². The molecule has 2 N–H and O–H groups in total. The normalized spacial score (nSPS) is 19.6. The Bertz CT molecular complexity index is 457. The summed E-state index contributed by atoms with van der Waals surface area (Å²) in [6.45, 7) is 4.21. The zero-order valence-corrected chi connectivity index (χ0v) is 11.1. The maximum absolute atomic E-state index is 12.5. The van der Waals surface area contributed by atoms with Crippen LogP contribution in [0.5, 0.6) is 0 Å². The molecule has 1 heterocycles. The zero-order chi connectivity index (χ0) is 13.3. The van der Waals surface area contributed by atoms with Gasteiger partial charge in [0.1, 0.15) is 5.60 Å². The first-order valence-corrected chi connectivity index (χ1v) is 6.19. The van der Waals surface area contributed by atoms with Gasteiger partial charge < -0.3 is 15.4 Å². The van der Waals surface area contributed by atoms with Gasteiger partial charge in [-0.15, -0.1) is 0 Å². The lowest BCUT2D eigenvalue weighted by atomic mass is 9.95. The fraction of sp³-hybridized carbons (Fsp3) is 0.500. The number of nitrogens with zero attached hydrogens (tertiary/aromatic N) is 1. The second-order valence-electron chi connectivity index (χ2n) is 5.13. The Morgan fingerprint density at radius 3 is 2.78 bits per heavy atom. The van der Waals surface area contributed by atoms with Crippen molar-refractivity contribution in [3.63, 3.8) is 0 Å². The summed E-state index contributed by atoms with van der Waals surface area (Å²) < 4.78 is 5.27. The van der Waals surface area contributed by atoms with Crippen LogP contribution in [-0.4, -0.2) is 25.2 Å². The summed E-state index contributed by atoms with van der Waals surface area (Å²) in [5.74, 6) is -0.0237. The van der Waals surface area contributed by atoms with Gasteiger partial charge in [0.15, 0.2) is 0 Å². The molecule has 0 spiro atoms. The number of carbonyl (C=O) groups is 1. The summed E-state index contributed by atoms with van der Waals surface area (Å²) in [5, 5.41) is 0. The van der Waals surface area contributed by atoms with Crippen LogP contribution in [0.2, 0.25) is 0 Å². The zero-order valence-electron chi connectivity index (χ0n) is 11.1. The SMILES string of the molecule is COC(C)(C)C(=O)N1CCC(N)c2ccccc21. The van der Waals surface area contributed by atoms with Crippen LogP contribution in [0, 0.1) is 0 Å². The highest BCUT2D eigenvalue weighted by Crippen LogP contribution is 2.33. The average molecular weight is 248 g/mol. The summed E-state index contributed by atoms with van der Waals surface area (Å²) in [6, 6.07) is 7.82. The van der Waals surface area contributed by atoms with Crippen molar-refractivity contribution in [3.8, 4) is 0 Å². The van der Waals surface area contributed by atoms with Crippen LogP contribution >= 0.6 is 0 Å². The number of fused-ring (bicyclic) bond motifs is 1. The van der Waals surface area contributed by atoms with E-state index < -0.39 is 5.60 Å². The van der Waals surface area contributed by atoms with Crippen LogP contribution in [0.15, 0.2) is 24.3 Å². The molecule has 0 fully saturated rings. The van der Waals surface area contributed by atoms with Crippen LogP contribution in [0.3, 0.4) is 0 Å². The van der Waals surface area contributed by atoms with Crippen LogP contribution in [0.25, 0.3) is 0 Å². The van der Waals surface area contributed by atoms with E-state index in [4.69, 9.17) is 10.5 Å². The van der Waals surface area contributed by atoms with Gasteiger partial charge in [-0.2, -0.15) is 0 Å². The number of carbonyl (C=O) groups excluding carboxylic acids is 1. The van der Waals surface area contributed by atoms with E-state index in [-0.39, 0.29) is 11.9 Å². The van der Waals surface area contributed by atoms with Crippen molar-refractivity contribution in [2.24, 2.45) is 5.73 Å². The van der Waals surface area contributed by atoms with Gasteiger partial charge in [0.25, 0.3) is 5.91 Å². The number of methoxy groups -OCH3 is 1. The van der Waals surface area contributed by atoms with E-state index >= 15 is 0 Å². The van der Waals surface area contributed by atoms with Crippen molar-refractivity contribution in [2.45, 2.75) is 31.9 Å². The molecule has 0 bridgehead atoms. The van der Waals surface area contributed by atoms with E-state index in [0.717, 1.165) is 17.7 Å². The molecule has 1 aliphatic rings. The Balaban J connectivity index is 2.38. The summed E-state index contributed by atoms with van der Waals surface area (Å²) >= 11 is 0. The number of benzene rings is 1. The number of anilines is 1. The highest BCUT2D eigenvalue weighted by Gasteiger charge is 2.35. The van der Waals surface area contributed by atoms with Gasteiger partial charge in [-0.1, -0.05) is 18.2 Å². The Morgan fingerprint density at radius 1 is 1.44 bits per heavy atom. The summed E-state index contributed by atoms with van der Waals surface area (Å²) in [6.07, 6.45) is 0.780. The van der Waals surface area contributed by atoms with Gasteiger partial charge in [-0.3, -0.25) is 4.79 Å². The molecule has 1 amide bonds. The first-order valence-electron chi connectivity index (χ1n) is 6.19. The van der Waals surface area contributed by atoms with Gasteiger partial charge >= 0.3 is 0 Å². The number of rotatable bonds is 2. The predicted molar refractivity (Wildman–Crippen MR) is 71.4 cm³/mol. The van der Waals surface area contributed by atoms with Crippen LogP contribution in [0.4, 0.5) is 5.69 Å². The molecule has 0 aromatic heterocycles. The molecule has 2 rings (SSSR count). The minimum atomic E-state index is -0.811. The van der Waals surface area contributed by atoms with Gasteiger partial charge in [0, 0.05) is 25.4 Å². The van der Waals surface area contributed by atoms with E-state index in [2.05, 4.69) is 0 Å². The number of nitrogens with two attached hydrogens (primary N) is 1. The standard InChI is InChI=1S/C14H20N2O2/c1-14(2,18-3)13(17)16-9-8-11(15)10-6-4-5-7-12(10)16/h4-7,11H,8-9,15H2,1-3H3. The Hall–Kier alpha value is -1.39. The highest BCUT2D eigenvalue weighted by molar-refractivity contribution is 6.00. The number of para-hydroxylation sites is 1. The molecule has 0 saturated heterocycles. The van der Waals surface area contributed by atoms with E-state index in [9.17, 15) is 4.79 Å². The van der Waals surface area contributed by atoms with Crippen molar-refractivity contribution < 1.29 is 9.53 Å². The quantitative estimate of drug-likeness (QED) is 0.869. The molecule has 4 nitrogen and oxygen atoms in total. The van der Waals surface area contributed by atoms with Crippen LogP contribution in [0.1, 0.15) is 31.9 Å². The van der Waals surface area contributed by atoms with Crippen LogP contribution in [-0.2, 0) is 9.53 Å². The van der Waals surface area contributed by atoms with Crippen molar-refractivity contribution in [1.82, 2.24) is 0 Å². The third kappa shape index (κ3) is 2.13. The van der Waals surface area contributed by atoms with Crippen molar-refractivity contribution >= 4 is 11.6 Å². The monoisotopic (exact) mass is 248 g/mol. The van der Waals surface area contributed by atoms with E-state index in [1.54, 1.807) is 25.9 Å². The van der Waals surface area contributed by atoms with Gasteiger partial charge in [-0.25, -0.2) is 0 Å². The molecular weight excluding hydrogens is 228 g/mol. The average Bonchev–Trinajstić information content (AvgIpc) is 2.39. The molecule has 0 saturated carbocycles. The fourth-order valence-electron chi connectivity index (χ4n) is 2.21. The first-order chi connectivity index (χ1) is 8.47. The Labute approximate surface area is 108 Å². The third-order valence-electron chi connectivity index (χ3n) is 3.56. The van der Waals surface area contributed by atoms with E-state index in [0.29, 0.717) is 6.54 Å². The lowest BCUT2D eigenvalue weighted by Gasteiger charge is -2.36. The summed E-state index contributed by atoms with van der Waals surface area (Å²) in [5.41, 5.74) is 7.21. The Kier molecular flexibility index (Phi) is 3.41. The van der Waals surface area contributed by atoms with Crippen LogP contribution < -0.4 is 10.6 Å². The molecule has 4 heteroatoms. The fourth-order valence-corrected chi connectivity index (χ4v) is 2.21. The molecule has 1 atom stereocenters. The first kappa shape index (κ1) is 13.1. The van der Waals surface area contributed by atoms with Crippen molar-refractivity contribution in [1.29, 1.82) is 0 Å². The minimum absolute atomic E-state index is 0.0101. The van der Waals surface area contributed by atoms with Gasteiger partial charge in [-0.05, 0) is 31.9 Å². The predicted octanol–water partition coefficient (Wildman–Crippen LogP) is 1.85. The lowest BCUT2D eigenvalue weighted by molar-refractivity contribution is -0.136. The maximum atomic E-state index is 12.5. The molecule has 0 aliphatic carbocycles. The molecule has 1 aliphatic heterocycles. The second kappa shape index (κ2) is 4.71. The number of hydrogen-bond acceptors (Lipinski definition) is 3. The number of ether oxygens (including phenoxy) is 1. The molecule has 1 unspecified atom stereocenters. The molecule has 98 valence electrons. The molecule has 1 aromatic rings. The maximum Gasteiger partial charge on any atom is 0.258 e. The number of hydrogen-bond donors (Lipinski definition) is 1. The van der Waals surface area contributed by atoms with Crippen molar-refractivity contribution in [2.75, 3.05) is 18.6 Å². The highest BCUT2D eigenvalue weighted by atomic mass is 16.5. The Morgan fingerprint density at radius 2 is 2.11 bits per heavy atom. The molecule has 1 aromatic carbocycles. The number of amides is 1. The largest absolute Gasteiger partial charge is 0.369 e. The molecule has 18 heavy (non-hydrogen) atoms. The minimum Gasteiger partial charge on any atom is -0.369 e. The topological polar surface area (TPSA) is 55.6 Å². The van der Waals surface area contributed by atoms with E-state index in [1.807, 2.05) is 24.3 Å². The van der Waals surface area contributed by atoms with Crippen molar-refractivity contribution in [3.05, 3.63) is 29.8 Å². The summed E-state index contributed by atoms with van der Waals surface area (Å²) in [7, 11) is 1.56. The summed E-state index contributed by atoms with van der Waals surface area (Å²) in [4.78, 5) is 14.3. The second-order valence-corrected chi connectivity index (χ2v) is 5.13. The van der Waals surface area contributed by atoms with Gasteiger partial charge in [0.05, 0.1) is 0 Å². The smallest absolute Gasteiger partial charge is 0.258 e. The lowest BCUT2D eigenvalue weighted by Crippen LogP contribution is -2.49. The van der Waals surface area contributed by atoms with Gasteiger partial charge in [0.2, 0.25) is 0 Å². The third-order valence-corrected chi connectivity index (χ3v) is 3.56. The molecule has 0 radical (unpaired) electrons. The molecular formula is C14H20N2O2.